The average Bonchev–Trinajstić information content (AvgIpc) is 3.09. The number of rotatable bonds is 5. The van der Waals surface area contributed by atoms with Crippen molar-refractivity contribution in [3.8, 4) is 0 Å². The number of benzene rings is 1. The molecular weight excluding hydrogens is 318 g/mol. The summed E-state index contributed by atoms with van der Waals surface area (Å²) in [6.07, 6.45) is 1.57. The summed E-state index contributed by atoms with van der Waals surface area (Å²) in [5, 5.41) is 5.45. The number of carbonyl (C=O) groups excluding carboxylic acids is 1. The van der Waals surface area contributed by atoms with Crippen LogP contribution in [0.3, 0.4) is 0 Å². The van der Waals surface area contributed by atoms with E-state index in [1.165, 1.54) is 9.58 Å². The molecule has 0 atom stereocenters. The van der Waals surface area contributed by atoms with Crippen LogP contribution in [-0.4, -0.2) is 27.6 Å². The van der Waals surface area contributed by atoms with Gasteiger partial charge in [-0.1, -0.05) is 32.0 Å². The second-order valence-corrected chi connectivity index (χ2v) is 6.52. The van der Waals surface area contributed by atoms with E-state index in [2.05, 4.69) is 5.10 Å². The third-order valence-electron chi connectivity index (χ3n) is 3.93. The Morgan fingerprint density at radius 3 is 2.56 bits per heavy atom. The third-order valence-corrected chi connectivity index (χ3v) is 3.93. The Hall–Kier alpha value is -2.89. The lowest BCUT2D eigenvalue weighted by Crippen LogP contribution is -2.32. The molecule has 1 amide bonds. The summed E-state index contributed by atoms with van der Waals surface area (Å²) in [5.74, 6) is 0.691. The molecule has 0 aliphatic heterocycles. The van der Waals surface area contributed by atoms with Crippen molar-refractivity contribution in [3.63, 3.8) is 0 Å². The summed E-state index contributed by atoms with van der Waals surface area (Å²) < 4.78 is 6.69. The molecular formula is C19H21N3O3. The molecule has 0 aliphatic rings. The minimum absolute atomic E-state index is 0.172. The molecule has 25 heavy (non-hydrogen) atoms. The van der Waals surface area contributed by atoms with Crippen molar-refractivity contribution in [2.24, 2.45) is 5.92 Å². The first kappa shape index (κ1) is 17.0. The highest BCUT2D eigenvalue weighted by molar-refractivity contribution is 6.04. The number of furan rings is 1. The minimum atomic E-state index is -0.245. The Morgan fingerprint density at radius 2 is 1.92 bits per heavy atom. The molecule has 0 radical (unpaired) electrons. The van der Waals surface area contributed by atoms with Gasteiger partial charge in [0.15, 0.2) is 5.69 Å². The van der Waals surface area contributed by atoms with E-state index < -0.39 is 0 Å². The van der Waals surface area contributed by atoms with Crippen molar-refractivity contribution in [1.29, 1.82) is 0 Å². The van der Waals surface area contributed by atoms with E-state index in [1.54, 1.807) is 43.6 Å². The predicted octanol–water partition coefficient (Wildman–Crippen LogP) is 2.92. The highest BCUT2D eigenvalue weighted by Crippen LogP contribution is 2.16. The zero-order valence-electron chi connectivity index (χ0n) is 14.6. The number of carbonyl (C=O) groups is 1. The molecule has 0 bridgehead atoms. The topological polar surface area (TPSA) is 68.3 Å². The van der Waals surface area contributed by atoms with Gasteiger partial charge in [-0.3, -0.25) is 9.59 Å². The molecule has 2 heterocycles. The van der Waals surface area contributed by atoms with E-state index in [0.29, 0.717) is 29.6 Å². The predicted molar refractivity (Wildman–Crippen MR) is 95.3 cm³/mol. The number of hydrogen-bond acceptors (Lipinski definition) is 4. The van der Waals surface area contributed by atoms with Gasteiger partial charge >= 0.3 is 0 Å². The maximum Gasteiger partial charge on any atom is 0.275 e. The van der Waals surface area contributed by atoms with Crippen LogP contribution >= 0.6 is 0 Å². The minimum Gasteiger partial charge on any atom is -0.467 e. The van der Waals surface area contributed by atoms with E-state index in [4.69, 9.17) is 4.42 Å². The quantitative estimate of drug-likeness (QED) is 0.717. The molecule has 0 unspecified atom stereocenters. The first-order valence-electron chi connectivity index (χ1n) is 8.25. The zero-order valence-corrected chi connectivity index (χ0v) is 14.6. The standard InChI is InChI=1S/C19H21N3O3/c1-13(2)11-22-18(23)16-9-5-4-8-15(16)17(20-22)19(24)21(3)12-14-7-6-10-25-14/h4-10,13H,11-12H2,1-3H3. The molecule has 0 spiro atoms. The second-order valence-electron chi connectivity index (χ2n) is 6.52. The highest BCUT2D eigenvalue weighted by Gasteiger charge is 2.20. The fraction of sp³-hybridized carbons (Fsp3) is 0.316. The van der Waals surface area contributed by atoms with Gasteiger partial charge in [0, 0.05) is 19.0 Å². The molecule has 0 saturated heterocycles. The molecule has 3 rings (SSSR count). The summed E-state index contributed by atoms with van der Waals surface area (Å²) in [7, 11) is 1.69. The van der Waals surface area contributed by atoms with Crippen LogP contribution in [-0.2, 0) is 13.1 Å². The van der Waals surface area contributed by atoms with Crippen molar-refractivity contribution in [2.45, 2.75) is 26.9 Å². The number of hydrogen-bond donors (Lipinski definition) is 0. The van der Waals surface area contributed by atoms with Crippen molar-refractivity contribution in [2.75, 3.05) is 7.05 Å². The average molecular weight is 339 g/mol. The first-order chi connectivity index (χ1) is 12.0. The fourth-order valence-electron chi connectivity index (χ4n) is 2.75. The van der Waals surface area contributed by atoms with Crippen LogP contribution in [0.1, 0.15) is 30.1 Å². The van der Waals surface area contributed by atoms with Gasteiger partial charge in [0.05, 0.1) is 18.2 Å². The van der Waals surface area contributed by atoms with Crippen LogP contribution in [0.25, 0.3) is 10.8 Å². The van der Waals surface area contributed by atoms with E-state index >= 15 is 0 Å². The Labute approximate surface area is 145 Å². The van der Waals surface area contributed by atoms with E-state index in [0.717, 1.165) is 0 Å². The van der Waals surface area contributed by atoms with Crippen LogP contribution in [0, 0.1) is 5.92 Å². The molecule has 2 aromatic heterocycles. The maximum absolute atomic E-state index is 12.9. The fourth-order valence-corrected chi connectivity index (χ4v) is 2.75. The number of aromatic nitrogens is 2. The Bertz CT molecular complexity index is 942. The lowest BCUT2D eigenvalue weighted by Gasteiger charge is -2.18. The summed E-state index contributed by atoms with van der Waals surface area (Å²) in [4.78, 5) is 27.1. The zero-order chi connectivity index (χ0) is 18.0. The number of nitrogens with zero attached hydrogens (tertiary/aromatic N) is 3. The van der Waals surface area contributed by atoms with E-state index in [-0.39, 0.29) is 23.1 Å². The smallest absolute Gasteiger partial charge is 0.275 e. The van der Waals surface area contributed by atoms with Crippen molar-refractivity contribution < 1.29 is 9.21 Å². The number of amides is 1. The molecule has 0 saturated carbocycles. The van der Waals surface area contributed by atoms with Gasteiger partial charge in [-0.05, 0) is 24.1 Å². The molecule has 130 valence electrons. The molecule has 0 aliphatic carbocycles. The summed E-state index contributed by atoms with van der Waals surface area (Å²) >= 11 is 0. The van der Waals surface area contributed by atoms with E-state index in [9.17, 15) is 9.59 Å². The van der Waals surface area contributed by atoms with Gasteiger partial charge in [0.1, 0.15) is 5.76 Å². The van der Waals surface area contributed by atoms with Crippen molar-refractivity contribution >= 4 is 16.7 Å². The largest absolute Gasteiger partial charge is 0.467 e. The third kappa shape index (κ3) is 3.47. The summed E-state index contributed by atoms with van der Waals surface area (Å²) in [6, 6.07) is 10.7. The molecule has 3 aromatic rings. The molecule has 0 fully saturated rings. The van der Waals surface area contributed by atoms with Crippen LogP contribution in [0.4, 0.5) is 0 Å². The van der Waals surface area contributed by atoms with Crippen LogP contribution in [0.5, 0.6) is 0 Å². The lowest BCUT2D eigenvalue weighted by atomic mass is 10.1. The maximum atomic E-state index is 12.9. The molecule has 0 N–H and O–H groups in total. The van der Waals surface area contributed by atoms with Crippen LogP contribution in [0.15, 0.2) is 51.9 Å². The van der Waals surface area contributed by atoms with Gasteiger partial charge in [0.25, 0.3) is 11.5 Å². The van der Waals surface area contributed by atoms with Gasteiger partial charge in [-0.15, -0.1) is 0 Å². The van der Waals surface area contributed by atoms with Crippen molar-refractivity contribution in [1.82, 2.24) is 14.7 Å². The van der Waals surface area contributed by atoms with Gasteiger partial charge in [0.2, 0.25) is 0 Å². The molecule has 6 heteroatoms. The van der Waals surface area contributed by atoms with Gasteiger partial charge in [-0.2, -0.15) is 5.10 Å². The Balaban J connectivity index is 2.06. The molecule has 1 aromatic carbocycles. The van der Waals surface area contributed by atoms with Gasteiger partial charge < -0.3 is 9.32 Å². The SMILES string of the molecule is CC(C)Cn1nc(C(=O)N(C)Cc2ccco2)c2ccccc2c1=O. The first-order valence-corrected chi connectivity index (χ1v) is 8.25. The Kier molecular flexibility index (Phi) is 4.70. The Morgan fingerprint density at radius 1 is 1.20 bits per heavy atom. The summed E-state index contributed by atoms with van der Waals surface area (Å²) in [5.41, 5.74) is 0.111. The lowest BCUT2D eigenvalue weighted by molar-refractivity contribution is 0.0769. The van der Waals surface area contributed by atoms with E-state index in [1.807, 2.05) is 19.9 Å². The van der Waals surface area contributed by atoms with Crippen molar-refractivity contribution in [3.05, 3.63) is 64.5 Å². The second kappa shape index (κ2) is 6.93. The number of fused-ring (bicyclic) bond motifs is 1. The van der Waals surface area contributed by atoms with Gasteiger partial charge in [-0.25, -0.2) is 4.68 Å². The summed E-state index contributed by atoms with van der Waals surface area (Å²) in [6.45, 7) is 4.82. The highest BCUT2D eigenvalue weighted by atomic mass is 16.3. The van der Waals surface area contributed by atoms with Crippen LogP contribution in [0.2, 0.25) is 0 Å². The normalized spacial score (nSPS) is 11.2. The van der Waals surface area contributed by atoms with Crippen LogP contribution < -0.4 is 5.56 Å². The monoisotopic (exact) mass is 339 g/mol. The molecule has 6 nitrogen and oxygen atoms in total.